The molecule has 0 saturated heterocycles. The number of methoxy groups -OCH3 is 1. The Labute approximate surface area is 171 Å². The van der Waals surface area contributed by atoms with E-state index >= 15 is 0 Å². The van der Waals surface area contributed by atoms with Crippen LogP contribution in [0.25, 0.3) is 6.08 Å². The molecule has 0 aromatic heterocycles. The van der Waals surface area contributed by atoms with Crippen molar-refractivity contribution in [3.8, 4) is 5.75 Å². The Hall–Kier alpha value is -3.12. The Kier molecular flexibility index (Phi) is 7.56. The van der Waals surface area contributed by atoms with Gasteiger partial charge in [0.25, 0.3) is 11.8 Å². The molecule has 0 atom stereocenters. The summed E-state index contributed by atoms with van der Waals surface area (Å²) in [6.45, 7) is 6.20. The van der Waals surface area contributed by atoms with Crippen molar-refractivity contribution in [1.29, 1.82) is 0 Å². The van der Waals surface area contributed by atoms with Gasteiger partial charge in [0.1, 0.15) is 11.4 Å². The topological polar surface area (TPSA) is 87.7 Å². The molecule has 0 bridgehead atoms. The molecule has 0 saturated carbocycles. The van der Waals surface area contributed by atoms with Crippen LogP contribution in [0.4, 0.5) is 0 Å². The lowest BCUT2D eigenvalue weighted by Crippen LogP contribution is -2.36. The lowest BCUT2D eigenvalue weighted by atomic mass is 9.87. The van der Waals surface area contributed by atoms with Gasteiger partial charge in [-0.25, -0.2) is 0 Å². The number of aliphatic hydroxyl groups excluding tert-OH is 1. The number of nitrogens with one attached hydrogen (secondary N) is 2. The van der Waals surface area contributed by atoms with E-state index in [1.54, 1.807) is 49.6 Å². The summed E-state index contributed by atoms with van der Waals surface area (Å²) < 4.78 is 5.13. The monoisotopic (exact) mass is 396 g/mol. The van der Waals surface area contributed by atoms with E-state index in [-0.39, 0.29) is 30.2 Å². The molecule has 0 aliphatic heterocycles. The molecule has 0 fully saturated rings. The molecule has 6 nitrogen and oxygen atoms in total. The lowest BCUT2D eigenvalue weighted by molar-refractivity contribution is -0.117. The number of hydrogen-bond acceptors (Lipinski definition) is 4. The standard InChI is InChI=1S/C23H28N2O4/c1-23(2,3)18-9-7-17(8-10-18)21(27)25-20(22(28)24-13-14-26)15-16-5-11-19(29-4)12-6-16/h5-12,15,26H,13-14H2,1-4H3,(H,24,28)(H,25,27). The largest absolute Gasteiger partial charge is 0.497 e. The average Bonchev–Trinajstić information content (AvgIpc) is 2.71. The SMILES string of the molecule is COc1ccc(C=C(NC(=O)c2ccc(C(C)(C)C)cc2)C(=O)NCCO)cc1. The highest BCUT2D eigenvalue weighted by Gasteiger charge is 2.17. The second kappa shape index (κ2) is 9.89. The molecule has 0 radical (unpaired) electrons. The first-order chi connectivity index (χ1) is 13.7. The lowest BCUT2D eigenvalue weighted by Gasteiger charge is -2.19. The third-order valence-electron chi connectivity index (χ3n) is 4.33. The van der Waals surface area contributed by atoms with Crippen LogP contribution in [-0.2, 0) is 10.2 Å². The molecular formula is C23H28N2O4. The van der Waals surface area contributed by atoms with E-state index in [1.807, 2.05) is 12.1 Å². The average molecular weight is 396 g/mol. The molecule has 2 aromatic rings. The molecular weight excluding hydrogens is 368 g/mol. The fraction of sp³-hybridized carbons (Fsp3) is 0.304. The minimum absolute atomic E-state index is 0.0153. The van der Waals surface area contributed by atoms with Gasteiger partial charge >= 0.3 is 0 Å². The zero-order chi connectivity index (χ0) is 21.4. The van der Waals surface area contributed by atoms with Crippen molar-refractivity contribution in [1.82, 2.24) is 10.6 Å². The first-order valence-corrected chi connectivity index (χ1v) is 9.41. The smallest absolute Gasteiger partial charge is 0.267 e. The molecule has 0 aliphatic rings. The van der Waals surface area contributed by atoms with Gasteiger partial charge < -0.3 is 20.5 Å². The Balaban J connectivity index is 2.25. The van der Waals surface area contributed by atoms with Crippen LogP contribution in [0.3, 0.4) is 0 Å². The zero-order valence-corrected chi connectivity index (χ0v) is 17.3. The molecule has 29 heavy (non-hydrogen) atoms. The van der Waals surface area contributed by atoms with Gasteiger partial charge in [-0.1, -0.05) is 45.0 Å². The molecule has 2 rings (SSSR count). The van der Waals surface area contributed by atoms with Crippen LogP contribution in [0.2, 0.25) is 0 Å². The summed E-state index contributed by atoms with van der Waals surface area (Å²) >= 11 is 0. The third-order valence-corrected chi connectivity index (χ3v) is 4.33. The van der Waals surface area contributed by atoms with Gasteiger partial charge in [0.2, 0.25) is 0 Å². The first kappa shape index (κ1) is 22.2. The summed E-state index contributed by atoms with van der Waals surface area (Å²) in [5.74, 6) is -0.171. The van der Waals surface area contributed by atoms with E-state index in [0.717, 1.165) is 11.1 Å². The van der Waals surface area contributed by atoms with Crippen molar-refractivity contribution in [3.05, 3.63) is 70.9 Å². The van der Waals surface area contributed by atoms with Crippen molar-refractivity contribution >= 4 is 17.9 Å². The molecule has 0 spiro atoms. The summed E-state index contributed by atoms with van der Waals surface area (Å²) in [5.41, 5.74) is 2.37. The van der Waals surface area contributed by atoms with Crippen molar-refractivity contribution in [2.24, 2.45) is 0 Å². The molecule has 2 amide bonds. The van der Waals surface area contributed by atoms with E-state index in [1.165, 1.54) is 0 Å². The summed E-state index contributed by atoms with van der Waals surface area (Å²) in [6, 6.07) is 14.4. The van der Waals surface area contributed by atoms with Crippen molar-refractivity contribution in [2.45, 2.75) is 26.2 Å². The quantitative estimate of drug-likeness (QED) is 0.628. The predicted octanol–water partition coefficient (Wildman–Crippen LogP) is 2.87. The highest BCUT2D eigenvalue weighted by atomic mass is 16.5. The van der Waals surface area contributed by atoms with Crippen LogP contribution in [0.15, 0.2) is 54.2 Å². The van der Waals surface area contributed by atoms with Gasteiger partial charge in [-0.15, -0.1) is 0 Å². The molecule has 0 heterocycles. The highest BCUT2D eigenvalue weighted by molar-refractivity contribution is 6.05. The van der Waals surface area contributed by atoms with Crippen LogP contribution >= 0.6 is 0 Å². The summed E-state index contributed by atoms with van der Waals surface area (Å²) in [6.07, 6.45) is 1.58. The fourth-order valence-electron chi connectivity index (χ4n) is 2.61. The fourth-order valence-corrected chi connectivity index (χ4v) is 2.61. The van der Waals surface area contributed by atoms with Crippen molar-refractivity contribution in [3.63, 3.8) is 0 Å². The van der Waals surface area contributed by atoms with Gasteiger partial charge in [0.05, 0.1) is 13.7 Å². The maximum atomic E-state index is 12.7. The van der Waals surface area contributed by atoms with E-state index in [0.29, 0.717) is 11.3 Å². The van der Waals surface area contributed by atoms with Crippen LogP contribution in [-0.4, -0.2) is 37.2 Å². The Bertz CT molecular complexity index is 863. The van der Waals surface area contributed by atoms with Gasteiger partial charge in [-0.3, -0.25) is 9.59 Å². The molecule has 2 aromatic carbocycles. The van der Waals surface area contributed by atoms with Gasteiger partial charge in [-0.05, 0) is 46.9 Å². The van der Waals surface area contributed by atoms with E-state index in [4.69, 9.17) is 9.84 Å². The maximum absolute atomic E-state index is 12.7. The van der Waals surface area contributed by atoms with Crippen molar-refractivity contribution in [2.75, 3.05) is 20.3 Å². The van der Waals surface area contributed by atoms with E-state index in [2.05, 4.69) is 31.4 Å². The van der Waals surface area contributed by atoms with Gasteiger partial charge in [0, 0.05) is 12.1 Å². The van der Waals surface area contributed by atoms with Crippen LogP contribution in [0, 0.1) is 0 Å². The number of carbonyl (C=O) groups excluding carboxylic acids is 2. The number of hydrogen-bond donors (Lipinski definition) is 3. The van der Waals surface area contributed by atoms with E-state index in [9.17, 15) is 9.59 Å². The second-order valence-corrected chi connectivity index (χ2v) is 7.59. The van der Waals surface area contributed by atoms with Crippen LogP contribution in [0.5, 0.6) is 5.75 Å². The molecule has 0 unspecified atom stereocenters. The Morgan fingerprint density at radius 1 is 1.03 bits per heavy atom. The number of aliphatic hydroxyl groups is 1. The first-order valence-electron chi connectivity index (χ1n) is 9.41. The molecule has 6 heteroatoms. The Morgan fingerprint density at radius 3 is 2.17 bits per heavy atom. The summed E-state index contributed by atoms with van der Waals surface area (Å²) in [4.78, 5) is 25.1. The zero-order valence-electron chi connectivity index (χ0n) is 17.3. The molecule has 0 aliphatic carbocycles. The summed E-state index contributed by atoms with van der Waals surface area (Å²) in [7, 11) is 1.57. The number of ether oxygens (including phenoxy) is 1. The van der Waals surface area contributed by atoms with Crippen LogP contribution in [0.1, 0.15) is 42.3 Å². The Morgan fingerprint density at radius 2 is 1.66 bits per heavy atom. The minimum Gasteiger partial charge on any atom is -0.497 e. The normalized spacial score (nSPS) is 11.7. The second-order valence-electron chi connectivity index (χ2n) is 7.59. The maximum Gasteiger partial charge on any atom is 0.267 e. The number of benzene rings is 2. The number of amides is 2. The number of carbonyl (C=O) groups is 2. The third kappa shape index (κ3) is 6.47. The van der Waals surface area contributed by atoms with Gasteiger partial charge in [0.15, 0.2) is 0 Å². The van der Waals surface area contributed by atoms with Crippen LogP contribution < -0.4 is 15.4 Å². The minimum atomic E-state index is -0.477. The highest BCUT2D eigenvalue weighted by Crippen LogP contribution is 2.22. The molecule has 154 valence electrons. The number of rotatable bonds is 7. The molecule has 3 N–H and O–H groups in total. The van der Waals surface area contributed by atoms with Gasteiger partial charge in [-0.2, -0.15) is 0 Å². The van der Waals surface area contributed by atoms with E-state index < -0.39 is 5.91 Å². The predicted molar refractivity (Wildman–Crippen MR) is 114 cm³/mol. The summed E-state index contributed by atoms with van der Waals surface area (Å²) in [5, 5.41) is 14.2. The van der Waals surface area contributed by atoms with Crippen molar-refractivity contribution < 1.29 is 19.4 Å².